The Morgan fingerprint density at radius 3 is 2.03 bits per heavy atom. The minimum absolute atomic E-state index is 0.00648. The van der Waals surface area contributed by atoms with E-state index in [-0.39, 0.29) is 69.1 Å². The number of phenols is 1. The first-order valence-corrected chi connectivity index (χ1v) is 28.1. The lowest BCUT2D eigenvalue weighted by atomic mass is 9.85. The van der Waals surface area contributed by atoms with Crippen LogP contribution in [0.5, 0.6) is 5.75 Å². The van der Waals surface area contributed by atoms with Gasteiger partial charge in [0.15, 0.2) is 5.96 Å². The number of hydrogen-bond acceptors (Lipinski definition) is 14. The van der Waals surface area contributed by atoms with Crippen LogP contribution in [0.25, 0.3) is 0 Å². The molecule has 5 rings (SSSR count). The smallest absolute Gasteiger partial charge is 0.246 e. The van der Waals surface area contributed by atoms with Crippen LogP contribution in [0.3, 0.4) is 0 Å². The molecular weight excluding hydrogens is 1030 g/mol. The number of nitrogens with one attached hydrogen (secondary N) is 7. The molecule has 7 atom stereocenters. The van der Waals surface area contributed by atoms with Crippen molar-refractivity contribution in [1.29, 1.82) is 0 Å². The van der Waals surface area contributed by atoms with E-state index in [2.05, 4.69) is 42.2 Å². The summed E-state index contributed by atoms with van der Waals surface area (Å²) >= 11 is 0. The summed E-state index contributed by atoms with van der Waals surface area (Å²) < 4.78 is -0.726. The summed E-state index contributed by atoms with van der Waals surface area (Å²) in [5, 5.41) is 28.9. The Balaban J connectivity index is 1.51. The molecule has 0 aromatic heterocycles. The summed E-state index contributed by atoms with van der Waals surface area (Å²) in [6.45, 7) is 2.94. The summed E-state index contributed by atoms with van der Waals surface area (Å²) in [4.78, 5) is 144. The number of carbonyl (C=O) groups excluding carboxylic acids is 10. The molecule has 2 saturated heterocycles. The second kappa shape index (κ2) is 29.4. The van der Waals surface area contributed by atoms with Crippen LogP contribution >= 0.6 is 21.6 Å². The topological polar surface area (TPSA) is 395 Å². The lowest BCUT2D eigenvalue weighted by molar-refractivity contribution is -0.142. The van der Waals surface area contributed by atoms with Gasteiger partial charge < -0.3 is 70.2 Å². The van der Waals surface area contributed by atoms with E-state index in [1.54, 1.807) is 56.3 Å². The highest BCUT2D eigenvalue weighted by Gasteiger charge is 2.42. The lowest BCUT2D eigenvalue weighted by Gasteiger charge is -2.37. The van der Waals surface area contributed by atoms with E-state index in [1.165, 1.54) is 38.6 Å². The van der Waals surface area contributed by atoms with Crippen LogP contribution in [-0.2, 0) is 60.8 Å². The van der Waals surface area contributed by atoms with Crippen molar-refractivity contribution in [3.05, 3.63) is 65.7 Å². The van der Waals surface area contributed by atoms with Crippen LogP contribution < -0.4 is 60.2 Å². The van der Waals surface area contributed by atoms with Gasteiger partial charge in [-0.3, -0.25) is 52.9 Å². The van der Waals surface area contributed by atoms with Crippen molar-refractivity contribution in [3.63, 3.8) is 0 Å². The SMILES string of the molecule is CC(C)[C@@H]1NC(=O)[C@@H](Cc2ccccc2)NC(=O)[C@H](Cc2ccc(O)cc2)NC(=O)CC2(CCCCC2)SSC[C@H](C(=O)N2CCC[C@H]2C(=O)N[C@@H](CCCN=C(N)N)C(=O)NCC(N)=O)NC(=O)[C@@H](CC(N)=O)NC1=O. The van der Waals surface area contributed by atoms with Gasteiger partial charge in [0.25, 0.3) is 0 Å². The number of nitrogens with zero attached hydrogens (tertiary/aromatic N) is 2. The van der Waals surface area contributed by atoms with Gasteiger partial charge in [0.05, 0.1) is 13.0 Å². The fourth-order valence-electron chi connectivity index (χ4n) is 9.41. The number of hydrogen-bond donors (Lipinski definition) is 12. The summed E-state index contributed by atoms with van der Waals surface area (Å²) in [6.07, 6.45) is 3.56. The molecule has 3 fully saturated rings. The number of phenolic OH excluding ortho intramolecular Hbond substituents is 1. The van der Waals surface area contributed by atoms with Crippen molar-refractivity contribution in [2.75, 3.05) is 25.4 Å². The lowest BCUT2D eigenvalue weighted by Crippen LogP contribution is -2.61. The van der Waals surface area contributed by atoms with E-state index in [1.807, 2.05) is 0 Å². The Kier molecular flexibility index (Phi) is 23.2. The molecule has 1 saturated carbocycles. The average molecular weight is 1110 g/mol. The minimum atomic E-state index is -1.66. The zero-order chi connectivity index (χ0) is 56.2. The third-order valence-electron chi connectivity index (χ3n) is 13.4. The molecule has 0 bridgehead atoms. The molecular formula is C51H73N13O11S2. The molecule has 0 unspecified atom stereocenters. The molecule has 1 aliphatic carbocycles. The minimum Gasteiger partial charge on any atom is -0.508 e. The highest BCUT2D eigenvalue weighted by Crippen LogP contribution is 2.48. The highest BCUT2D eigenvalue weighted by atomic mass is 33.1. The highest BCUT2D eigenvalue weighted by molar-refractivity contribution is 8.77. The number of amides is 10. The molecule has 3 aliphatic rings. The fourth-order valence-corrected chi connectivity index (χ4v) is 12.8. The number of carbonyl (C=O) groups is 10. The number of likely N-dealkylation sites (tertiary alicyclic amines) is 1. The van der Waals surface area contributed by atoms with Crippen LogP contribution in [-0.4, -0.2) is 147 Å². The average Bonchev–Trinajstić information content (AvgIpc) is 3.88. The molecule has 16 N–H and O–H groups in total. The molecule has 2 aliphatic heterocycles. The Hall–Kier alpha value is -7.09. The predicted octanol–water partition coefficient (Wildman–Crippen LogP) is -1.25. The van der Waals surface area contributed by atoms with Crippen molar-refractivity contribution >= 4 is 86.6 Å². The summed E-state index contributed by atoms with van der Waals surface area (Å²) in [7, 11) is 2.56. The second-order valence-corrected chi connectivity index (χ2v) is 22.7. The van der Waals surface area contributed by atoms with E-state index in [4.69, 9.17) is 22.9 Å². The monoisotopic (exact) mass is 1110 g/mol. The zero-order valence-corrected chi connectivity index (χ0v) is 45.0. The van der Waals surface area contributed by atoms with Gasteiger partial charge in [-0.15, -0.1) is 0 Å². The summed E-state index contributed by atoms with van der Waals surface area (Å²) in [5.74, 6) is -8.67. The molecule has 0 radical (unpaired) electrons. The van der Waals surface area contributed by atoms with Crippen LogP contribution in [0.4, 0.5) is 0 Å². The molecule has 420 valence electrons. The van der Waals surface area contributed by atoms with Gasteiger partial charge in [0, 0.05) is 42.9 Å². The maximum absolute atomic E-state index is 14.9. The Morgan fingerprint density at radius 2 is 1.39 bits per heavy atom. The number of benzene rings is 2. The zero-order valence-electron chi connectivity index (χ0n) is 43.4. The summed E-state index contributed by atoms with van der Waals surface area (Å²) in [6, 6.07) is 5.68. The third-order valence-corrected chi connectivity index (χ3v) is 16.7. The first-order chi connectivity index (χ1) is 36.6. The van der Waals surface area contributed by atoms with Gasteiger partial charge in [-0.2, -0.15) is 0 Å². The van der Waals surface area contributed by atoms with E-state index in [0.29, 0.717) is 30.4 Å². The van der Waals surface area contributed by atoms with Crippen molar-refractivity contribution in [2.24, 2.45) is 33.8 Å². The van der Waals surface area contributed by atoms with Gasteiger partial charge in [-0.05, 0) is 67.7 Å². The fraction of sp³-hybridized carbons (Fsp3) is 0.549. The van der Waals surface area contributed by atoms with Crippen LogP contribution in [0.15, 0.2) is 59.6 Å². The standard InChI is InChI=1S/C51H73N13O11S2/c1-29(2)42-48(74)61-36(25-39(52)66)45(71)62-37(49(75)64-22-10-14-38(64)47(73)59-33(13-9-21-56-50(54)55)43(69)57-27-40(53)67)28-76-77-51(19-7-4-8-20-51)26-41(68)58-34(24-31-15-17-32(65)18-16-31)44(70)60-35(46(72)63-42)23-30-11-5-3-6-12-30/h3,5-6,11-12,15-18,29,33-38,42,65H,4,7-10,13-14,19-28H2,1-2H3,(H2,52,66)(H2,53,67)(H,57,69)(H,58,68)(H,59,73)(H,60,70)(H,61,74)(H,62,71)(H,63,72)(H4,54,55,56)/t33-,34-,35+,36+,37+,38-,42-/m0/s1. The quantitative estimate of drug-likeness (QED) is 0.0381. The molecule has 2 heterocycles. The summed E-state index contributed by atoms with van der Waals surface area (Å²) in [5.41, 5.74) is 23.1. The van der Waals surface area contributed by atoms with Crippen molar-refractivity contribution < 1.29 is 53.1 Å². The maximum Gasteiger partial charge on any atom is 0.246 e. The van der Waals surface area contributed by atoms with Gasteiger partial charge in [0.1, 0.15) is 48.0 Å². The van der Waals surface area contributed by atoms with Gasteiger partial charge >= 0.3 is 0 Å². The van der Waals surface area contributed by atoms with E-state index in [0.717, 1.165) is 19.3 Å². The molecule has 2 aromatic carbocycles. The first kappa shape index (κ1) is 60.8. The molecule has 77 heavy (non-hydrogen) atoms. The number of aliphatic imine (C=N–C) groups is 1. The van der Waals surface area contributed by atoms with Crippen LogP contribution in [0.2, 0.25) is 0 Å². The Morgan fingerprint density at radius 1 is 0.766 bits per heavy atom. The van der Waals surface area contributed by atoms with Gasteiger partial charge in [-0.25, -0.2) is 0 Å². The van der Waals surface area contributed by atoms with E-state index in [9.17, 15) is 53.1 Å². The van der Waals surface area contributed by atoms with Crippen LogP contribution in [0.1, 0.15) is 95.6 Å². The number of primary amides is 2. The number of rotatable bonds is 17. The van der Waals surface area contributed by atoms with E-state index >= 15 is 0 Å². The van der Waals surface area contributed by atoms with Crippen molar-refractivity contribution in [3.8, 4) is 5.75 Å². The Bertz CT molecular complexity index is 2460. The van der Waals surface area contributed by atoms with Gasteiger partial charge in [-0.1, -0.05) is 97.2 Å². The normalized spacial score (nSPS) is 23.2. The molecule has 10 amide bonds. The Labute approximate surface area is 455 Å². The molecule has 24 nitrogen and oxygen atoms in total. The maximum atomic E-state index is 14.9. The molecule has 26 heteroatoms. The number of aromatic hydroxyl groups is 1. The second-order valence-electron chi connectivity index (χ2n) is 19.9. The van der Waals surface area contributed by atoms with Gasteiger partial charge in [0.2, 0.25) is 59.1 Å². The number of nitrogens with two attached hydrogens (primary N) is 4. The predicted molar refractivity (Wildman–Crippen MR) is 290 cm³/mol. The molecule has 2 aromatic rings. The first-order valence-electron chi connectivity index (χ1n) is 25.8. The third kappa shape index (κ3) is 19.2. The number of guanidine groups is 1. The van der Waals surface area contributed by atoms with Crippen molar-refractivity contribution in [2.45, 2.75) is 144 Å². The molecule has 1 spiro atoms. The largest absolute Gasteiger partial charge is 0.508 e. The van der Waals surface area contributed by atoms with E-state index < -0.39 is 125 Å². The van der Waals surface area contributed by atoms with Crippen molar-refractivity contribution in [1.82, 2.24) is 42.1 Å². The van der Waals surface area contributed by atoms with Crippen LogP contribution in [0, 0.1) is 5.92 Å².